The van der Waals surface area contributed by atoms with E-state index in [4.69, 9.17) is 33.2 Å². The van der Waals surface area contributed by atoms with Crippen molar-refractivity contribution < 1.29 is 72.8 Å². The number of carbonyl (C=O) groups is 4. The van der Waals surface area contributed by atoms with Crippen LogP contribution in [0.15, 0.2) is 0 Å². The summed E-state index contributed by atoms with van der Waals surface area (Å²) in [5.74, 6) is -3.05. The number of esters is 3. The number of rotatable bonds is 10. The summed E-state index contributed by atoms with van der Waals surface area (Å²) in [6.45, 7) is 1.81. The molecule has 0 spiro atoms. The Morgan fingerprint density at radius 1 is 0.757 bits per heavy atom. The smallest absolute Gasteiger partial charge is 0.303 e. The molecular formula is C21H33NO15. The molecule has 0 saturated carbocycles. The third-order valence-corrected chi connectivity index (χ3v) is 5.45. The molecule has 2 saturated heterocycles. The molecule has 0 aliphatic carbocycles. The van der Waals surface area contributed by atoms with Gasteiger partial charge in [0.25, 0.3) is 0 Å². The van der Waals surface area contributed by atoms with Crippen molar-refractivity contribution in [1.82, 2.24) is 5.32 Å². The maximum atomic E-state index is 12.3. The summed E-state index contributed by atoms with van der Waals surface area (Å²) in [6, 6.07) is 0. The maximum Gasteiger partial charge on any atom is 0.303 e. The molecule has 2 fully saturated rings. The minimum absolute atomic E-state index is 0.305. The summed E-state index contributed by atoms with van der Waals surface area (Å²) in [5.41, 5.74) is 0. The number of hydrogen-bond acceptors (Lipinski definition) is 15. The van der Waals surface area contributed by atoms with Crippen LogP contribution in [-0.4, -0.2) is 133 Å². The lowest BCUT2D eigenvalue weighted by molar-refractivity contribution is -0.304. The van der Waals surface area contributed by atoms with E-state index in [-0.39, 0.29) is 6.54 Å². The Morgan fingerprint density at radius 3 is 1.92 bits per heavy atom. The van der Waals surface area contributed by atoms with Crippen LogP contribution in [0.4, 0.5) is 0 Å². The Balaban J connectivity index is 2.02. The first-order chi connectivity index (χ1) is 17.3. The van der Waals surface area contributed by atoms with Gasteiger partial charge >= 0.3 is 17.9 Å². The van der Waals surface area contributed by atoms with Crippen molar-refractivity contribution in [3.63, 3.8) is 0 Å². The average Bonchev–Trinajstić information content (AvgIpc) is 2.82. The summed E-state index contributed by atoms with van der Waals surface area (Å²) in [4.78, 5) is 46.8. The molecule has 16 nitrogen and oxygen atoms in total. The van der Waals surface area contributed by atoms with Gasteiger partial charge in [0.1, 0.15) is 49.8 Å². The molecule has 0 aromatic heterocycles. The van der Waals surface area contributed by atoms with Gasteiger partial charge in [0.05, 0.1) is 0 Å². The predicted molar refractivity (Wildman–Crippen MR) is 115 cm³/mol. The highest BCUT2D eigenvalue weighted by atomic mass is 16.7. The van der Waals surface area contributed by atoms with Crippen molar-refractivity contribution in [2.24, 2.45) is 0 Å². The van der Waals surface area contributed by atoms with Gasteiger partial charge in [-0.15, -0.1) is 0 Å². The van der Waals surface area contributed by atoms with Gasteiger partial charge in [-0.05, 0) is 0 Å². The molecule has 212 valence electrons. The number of aliphatic hydroxyl groups excluding tert-OH is 4. The van der Waals surface area contributed by atoms with E-state index < -0.39 is 98.4 Å². The molecule has 2 heterocycles. The molecule has 0 bridgehead atoms. The van der Waals surface area contributed by atoms with Crippen molar-refractivity contribution in [2.75, 3.05) is 26.9 Å². The van der Waals surface area contributed by atoms with E-state index >= 15 is 0 Å². The Morgan fingerprint density at radius 2 is 1.35 bits per heavy atom. The van der Waals surface area contributed by atoms with Crippen molar-refractivity contribution in [3.05, 3.63) is 0 Å². The second kappa shape index (κ2) is 13.9. The Bertz CT molecular complexity index is 807. The number of amides is 1. The summed E-state index contributed by atoms with van der Waals surface area (Å²) in [6.07, 6.45) is -14.3. The minimum atomic E-state index is -1.71. The molecule has 2 aliphatic heterocycles. The number of methoxy groups -OCH3 is 1. The zero-order valence-corrected chi connectivity index (χ0v) is 20.7. The third-order valence-electron chi connectivity index (χ3n) is 5.45. The van der Waals surface area contributed by atoms with E-state index in [0.717, 1.165) is 20.8 Å². The number of aliphatic hydroxyl groups is 4. The van der Waals surface area contributed by atoms with Gasteiger partial charge in [-0.3, -0.25) is 19.2 Å². The van der Waals surface area contributed by atoms with Crippen molar-refractivity contribution in [1.29, 1.82) is 0 Å². The topological polar surface area (TPSA) is 226 Å². The van der Waals surface area contributed by atoms with Gasteiger partial charge in [0, 0.05) is 34.4 Å². The number of hydrogen-bond donors (Lipinski definition) is 5. The van der Waals surface area contributed by atoms with E-state index in [1.165, 1.54) is 7.11 Å². The lowest BCUT2D eigenvalue weighted by Gasteiger charge is -2.42. The minimum Gasteiger partial charge on any atom is -0.463 e. The predicted octanol–water partition coefficient (Wildman–Crippen LogP) is -3.91. The van der Waals surface area contributed by atoms with Gasteiger partial charge in [0.15, 0.2) is 24.8 Å². The Kier molecular flexibility index (Phi) is 11.6. The highest BCUT2D eigenvalue weighted by Gasteiger charge is 2.50. The quantitative estimate of drug-likeness (QED) is 0.132. The summed E-state index contributed by atoms with van der Waals surface area (Å²) < 4.78 is 36.2. The molecule has 16 heteroatoms. The van der Waals surface area contributed by atoms with Crippen LogP contribution in [0, 0.1) is 0 Å². The third kappa shape index (κ3) is 8.54. The molecule has 0 unspecified atom stereocenters. The van der Waals surface area contributed by atoms with Gasteiger partial charge in [-0.2, -0.15) is 0 Å². The monoisotopic (exact) mass is 539 g/mol. The largest absolute Gasteiger partial charge is 0.463 e. The molecule has 10 atom stereocenters. The maximum absolute atomic E-state index is 12.3. The van der Waals surface area contributed by atoms with E-state index in [2.05, 4.69) is 5.32 Å². The van der Waals surface area contributed by atoms with E-state index in [1.807, 2.05) is 0 Å². The van der Waals surface area contributed by atoms with Gasteiger partial charge in [-0.25, -0.2) is 0 Å². The highest BCUT2D eigenvalue weighted by molar-refractivity contribution is 5.77. The molecule has 0 radical (unpaired) electrons. The molecule has 5 N–H and O–H groups in total. The fourth-order valence-corrected chi connectivity index (χ4v) is 3.73. The van der Waals surface area contributed by atoms with Crippen LogP contribution in [0.2, 0.25) is 0 Å². The van der Waals surface area contributed by atoms with Crippen molar-refractivity contribution >= 4 is 23.8 Å². The highest BCUT2D eigenvalue weighted by Crippen LogP contribution is 2.28. The SMILES string of the molecule is CO[C@H]1O[C@H](CNC(=O)CO[C@H]2O[C@H](COC(C)=O)[C@@H](OC(C)=O)[C@H](OC(C)=O)[C@H]2O)[C@@H](O)[C@H](O)[C@H]1O. The average molecular weight is 539 g/mol. The summed E-state index contributed by atoms with van der Waals surface area (Å²) >= 11 is 0. The number of carbonyl (C=O) groups excluding carboxylic acids is 4. The van der Waals surface area contributed by atoms with Crippen LogP contribution in [0.25, 0.3) is 0 Å². The van der Waals surface area contributed by atoms with Crippen LogP contribution in [0.1, 0.15) is 20.8 Å². The zero-order valence-electron chi connectivity index (χ0n) is 20.7. The molecule has 0 aromatic rings. The number of nitrogens with one attached hydrogen (secondary N) is 1. The van der Waals surface area contributed by atoms with Crippen LogP contribution in [-0.2, 0) is 52.3 Å². The first-order valence-corrected chi connectivity index (χ1v) is 11.3. The molecule has 2 aliphatic rings. The molecule has 0 aromatic carbocycles. The van der Waals surface area contributed by atoms with Crippen molar-refractivity contribution in [3.8, 4) is 0 Å². The summed E-state index contributed by atoms with van der Waals surface area (Å²) in [5, 5.41) is 42.8. The standard InChI is InChI=1S/C21H33NO15/c1-8(23)32-6-12-18(34-9(2)24)19(35-10(3)25)17(30)21(37-12)33-7-13(26)22-5-11-14(27)15(28)16(29)20(31-4)36-11/h11-12,14-21,27-30H,5-7H2,1-4H3,(H,22,26)/t11-,12-,14-,15+,16-,17-,18-,19-,20+,21+/m1/s1. The van der Waals surface area contributed by atoms with E-state index in [1.54, 1.807) is 0 Å². The molecule has 37 heavy (non-hydrogen) atoms. The lowest BCUT2D eigenvalue weighted by atomic mass is 9.98. The van der Waals surface area contributed by atoms with Crippen LogP contribution in [0.5, 0.6) is 0 Å². The van der Waals surface area contributed by atoms with Crippen LogP contribution in [0.3, 0.4) is 0 Å². The Labute approximate surface area is 211 Å². The van der Waals surface area contributed by atoms with Gasteiger partial charge in [0.2, 0.25) is 5.91 Å². The molecule has 2 rings (SSSR count). The fraction of sp³-hybridized carbons (Fsp3) is 0.810. The molecular weight excluding hydrogens is 506 g/mol. The fourth-order valence-electron chi connectivity index (χ4n) is 3.73. The lowest BCUT2D eigenvalue weighted by Crippen LogP contribution is -2.62. The van der Waals surface area contributed by atoms with Gasteiger partial charge < -0.3 is 58.9 Å². The second-order valence-electron chi connectivity index (χ2n) is 8.35. The summed E-state index contributed by atoms with van der Waals surface area (Å²) in [7, 11) is 1.22. The van der Waals surface area contributed by atoms with E-state index in [0.29, 0.717) is 0 Å². The van der Waals surface area contributed by atoms with Crippen LogP contribution >= 0.6 is 0 Å². The number of ether oxygens (including phenoxy) is 7. The normalized spacial score (nSPS) is 35.8. The Hall–Kier alpha value is -2.44. The zero-order chi connectivity index (χ0) is 27.9. The second-order valence-corrected chi connectivity index (χ2v) is 8.35. The van der Waals surface area contributed by atoms with Gasteiger partial charge in [-0.1, -0.05) is 0 Å². The first kappa shape index (κ1) is 30.8. The first-order valence-electron chi connectivity index (χ1n) is 11.3. The molecule has 1 amide bonds. The van der Waals surface area contributed by atoms with Crippen LogP contribution < -0.4 is 5.32 Å². The van der Waals surface area contributed by atoms with E-state index in [9.17, 15) is 39.6 Å². The van der Waals surface area contributed by atoms with Crippen molar-refractivity contribution in [2.45, 2.75) is 82.2 Å².